The third kappa shape index (κ3) is 2.19. The van der Waals surface area contributed by atoms with Gasteiger partial charge in [-0.2, -0.15) is 0 Å². The van der Waals surface area contributed by atoms with Gasteiger partial charge in [-0.05, 0) is 6.07 Å². The van der Waals surface area contributed by atoms with Gasteiger partial charge in [0, 0.05) is 4.47 Å². The number of halogens is 4. The predicted octanol–water partition coefficient (Wildman–Crippen LogP) is 3.13. The Morgan fingerprint density at radius 3 is 2.64 bits per heavy atom. The van der Waals surface area contributed by atoms with Crippen LogP contribution in [0, 0.1) is 0 Å². The minimum Gasteiger partial charge on any atom is -0.476 e. The molecule has 0 radical (unpaired) electrons. The molecule has 0 spiro atoms. The number of aromatic carboxylic acids is 1. The SMILES string of the molecule is O=C(O)c1nc(Cl)cc(Br)c1C(F)F. The van der Waals surface area contributed by atoms with Crippen LogP contribution in [-0.4, -0.2) is 16.1 Å². The lowest BCUT2D eigenvalue weighted by molar-refractivity contribution is 0.0676. The van der Waals surface area contributed by atoms with Gasteiger partial charge >= 0.3 is 5.97 Å². The first-order valence-corrected chi connectivity index (χ1v) is 4.48. The van der Waals surface area contributed by atoms with Crippen LogP contribution in [0.1, 0.15) is 22.5 Å². The fourth-order valence-corrected chi connectivity index (χ4v) is 1.77. The Labute approximate surface area is 90.8 Å². The zero-order valence-corrected chi connectivity index (χ0v) is 8.81. The quantitative estimate of drug-likeness (QED) is 0.850. The molecule has 0 unspecified atom stereocenters. The Morgan fingerprint density at radius 2 is 2.21 bits per heavy atom. The van der Waals surface area contributed by atoms with Crippen molar-refractivity contribution in [3.8, 4) is 0 Å². The number of hydrogen-bond acceptors (Lipinski definition) is 2. The van der Waals surface area contributed by atoms with Crippen molar-refractivity contribution in [2.45, 2.75) is 6.43 Å². The Bertz CT molecular complexity index is 386. The van der Waals surface area contributed by atoms with Crippen LogP contribution in [0.4, 0.5) is 8.78 Å². The number of alkyl halides is 2. The molecule has 1 N–H and O–H groups in total. The molecule has 0 fully saturated rings. The van der Waals surface area contributed by atoms with E-state index in [2.05, 4.69) is 20.9 Å². The molecule has 0 saturated heterocycles. The van der Waals surface area contributed by atoms with Crippen molar-refractivity contribution in [1.82, 2.24) is 4.98 Å². The van der Waals surface area contributed by atoms with E-state index >= 15 is 0 Å². The van der Waals surface area contributed by atoms with E-state index in [0.29, 0.717) is 0 Å². The fraction of sp³-hybridized carbons (Fsp3) is 0.143. The first-order valence-electron chi connectivity index (χ1n) is 3.31. The zero-order valence-electron chi connectivity index (χ0n) is 6.47. The molecular formula is C7H3BrClF2NO2. The van der Waals surface area contributed by atoms with Gasteiger partial charge in [0.1, 0.15) is 5.15 Å². The largest absolute Gasteiger partial charge is 0.476 e. The van der Waals surface area contributed by atoms with Gasteiger partial charge < -0.3 is 5.11 Å². The smallest absolute Gasteiger partial charge is 0.355 e. The van der Waals surface area contributed by atoms with Crippen molar-refractivity contribution in [3.63, 3.8) is 0 Å². The number of carboxylic acid groups (broad SMARTS) is 1. The topological polar surface area (TPSA) is 50.2 Å². The average Bonchev–Trinajstić information content (AvgIpc) is 2.01. The summed E-state index contributed by atoms with van der Waals surface area (Å²) in [6, 6.07) is 1.12. The van der Waals surface area contributed by atoms with Crippen LogP contribution in [0.3, 0.4) is 0 Å². The number of aromatic nitrogens is 1. The molecule has 1 aromatic rings. The molecular weight excluding hydrogens is 283 g/mol. The third-order valence-corrected chi connectivity index (χ3v) is 2.25. The molecule has 0 amide bonds. The molecule has 76 valence electrons. The first-order chi connectivity index (χ1) is 6.43. The molecule has 0 aliphatic heterocycles. The molecule has 3 nitrogen and oxygen atoms in total. The highest BCUT2D eigenvalue weighted by Gasteiger charge is 2.23. The normalized spacial score (nSPS) is 10.6. The summed E-state index contributed by atoms with van der Waals surface area (Å²) in [5.41, 5.74) is -1.40. The van der Waals surface area contributed by atoms with E-state index in [9.17, 15) is 13.6 Å². The van der Waals surface area contributed by atoms with Gasteiger partial charge in [0.25, 0.3) is 6.43 Å². The summed E-state index contributed by atoms with van der Waals surface area (Å²) in [6.45, 7) is 0. The molecule has 1 aromatic heterocycles. The summed E-state index contributed by atoms with van der Waals surface area (Å²) in [4.78, 5) is 13.9. The first kappa shape index (κ1) is 11.3. The maximum Gasteiger partial charge on any atom is 0.355 e. The second kappa shape index (κ2) is 4.18. The molecule has 0 aromatic carbocycles. The second-order valence-electron chi connectivity index (χ2n) is 2.29. The highest BCUT2D eigenvalue weighted by atomic mass is 79.9. The van der Waals surface area contributed by atoms with Crippen molar-refractivity contribution in [1.29, 1.82) is 0 Å². The van der Waals surface area contributed by atoms with E-state index in [1.165, 1.54) is 0 Å². The number of pyridine rings is 1. The van der Waals surface area contributed by atoms with Crippen molar-refractivity contribution in [2.75, 3.05) is 0 Å². The van der Waals surface area contributed by atoms with Gasteiger partial charge in [0.15, 0.2) is 5.69 Å². The van der Waals surface area contributed by atoms with Crippen LogP contribution in [0.15, 0.2) is 10.5 Å². The van der Waals surface area contributed by atoms with Gasteiger partial charge in [0.05, 0.1) is 5.56 Å². The summed E-state index contributed by atoms with van der Waals surface area (Å²) in [5.74, 6) is -1.54. The molecule has 1 heterocycles. The average molecular weight is 286 g/mol. The van der Waals surface area contributed by atoms with E-state index in [1.54, 1.807) is 0 Å². The molecule has 0 saturated carbocycles. The standard InChI is InChI=1S/C7H3BrClF2NO2/c8-2-1-3(9)12-5(7(13)14)4(2)6(10)11/h1,6H,(H,13,14). The van der Waals surface area contributed by atoms with Crippen LogP contribution in [0.5, 0.6) is 0 Å². The van der Waals surface area contributed by atoms with E-state index in [4.69, 9.17) is 16.7 Å². The van der Waals surface area contributed by atoms with Crippen molar-refractivity contribution in [3.05, 3.63) is 26.9 Å². The lowest BCUT2D eigenvalue weighted by Gasteiger charge is -2.06. The molecule has 14 heavy (non-hydrogen) atoms. The van der Waals surface area contributed by atoms with Crippen LogP contribution in [0.2, 0.25) is 5.15 Å². The number of nitrogens with zero attached hydrogens (tertiary/aromatic N) is 1. The highest BCUT2D eigenvalue weighted by Crippen LogP contribution is 2.31. The van der Waals surface area contributed by atoms with E-state index in [-0.39, 0.29) is 9.63 Å². The van der Waals surface area contributed by atoms with Gasteiger partial charge in [-0.1, -0.05) is 27.5 Å². The number of rotatable bonds is 2. The molecule has 7 heteroatoms. The molecule has 1 rings (SSSR count). The van der Waals surface area contributed by atoms with Crippen LogP contribution < -0.4 is 0 Å². The van der Waals surface area contributed by atoms with Gasteiger partial charge in [-0.15, -0.1) is 0 Å². The Hall–Kier alpha value is -0.750. The minimum absolute atomic E-state index is 0.0649. The molecule has 0 aliphatic carbocycles. The second-order valence-corrected chi connectivity index (χ2v) is 3.54. The monoisotopic (exact) mass is 285 g/mol. The van der Waals surface area contributed by atoms with E-state index in [1.807, 2.05) is 0 Å². The summed E-state index contributed by atoms with van der Waals surface area (Å²) < 4.78 is 24.7. The summed E-state index contributed by atoms with van der Waals surface area (Å²) in [6.07, 6.45) is -2.92. The summed E-state index contributed by atoms with van der Waals surface area (Å²) >= 11 is 8.22. The van der Waals surface area contributed by atoms with Crippen molar-refractivity contribution < 1.29 is 18.7 Å². The minimum atomic E-state index is -2.92. The van der Waals surface area contributed by atoms with Crippen LogP contribution >= 0.6 is 27.5 Å². The number of hydrogen-bond donors (Lipinski definition) is 1. The highest BCUT2D eigenvalue weighted by molar-refractivity contribution is 9.10. The molecule has 0 aliphatic rings. The van der Waals surface area contributed by atoms with Gasteiger partial charge in [0.2, 0.25) is 0 Å². The number of carboxylic acids is 1. The Balaban J connectivity index is 3.44. The Kier molecular flexibility index (Phi) is 3.38. The maximum atomic E-state index is 12.4. The van der Waals surface area contributed by atoms with E-state index < -0.39 is 23.7 Å². The molecule has 0 bridgehead atoms. The van der Waals surface area contributed by atoms with E-state index in [0.717, 1.165) is 6.07 Å². The summed E-state index contributed by atoms with van der Waals surface area (Å²) in [7, 11) is 0. The lowest BCUT2D eigenvalue weighted by Crippen LogP contribution is -2.07. The number of carbonyl (C=O) groups is 1. The Morgan fingerprint density at radius 1 is 1.64 bits per heavy atom. The zero-order chi connectivity index (χ0) is 10.9. The predicted molar refractivity (Wildman–Crippen MR) is 48.9 cm³/mol. The van der Waals surface area contributed by atoms with Crippen molar-refractivity contribution in [2.24, 2.45) is 0 Å². The van der Waals surface area contributed by atoms with Crippen LogP contribution in [-0.2, 0) is 0 Å². The summed E-state index contributed by atoms with van der Waals surface area (Å²) in [5, 5.41) is 8.43. The lowest BCUT2D eigenvalue weighted by atomic mass is 10.2. The third-order valence-electron chi connectivity index (χ3n) is 1.40. The van der Waals surface area contributed by atoms with Crippen molar-refractivity contribution >= 4 is 33.5 Å². The van der Waals surface area contributed by atoms with Gasteiger partial charge in [-0.25, -0.2) is 18.6 Å². The van der Waals surface area contributed by atoms with Gasteiger partial charge in [-0.3, -0.25) is 0 Å². The molecule has 0 atom stereocenters. The fourth-order valence-electron chi connectivity index (χ4n) is 0.865. The van der Waals surface area contributed by atoms with Crippen LogP contribution in [0.25, 0.3) is 0 Å². The maximum absolute atomic E-state index is 12.4.